The van der Waals surface area contributed by atoms with Crippen LogP contribution in [0.25, 0.3) is 21.9 Å². The van der Waals surface area contributed by atoms with Crippen LogP contribution in [0.4, 0.5) is 0 Å². The molecule has 0 spiro atoms. The van der Waals surface area contributed by atoms with Crippen molar-refractivity contribution >= 4 is 27.8 Å². The van der Waals surface area contributed by atoms with Gasteiger partial charge in [0.05, 0.1) is 13.2 Å². The van der Waals surface area contributed by atoms with Gasteiger partial charge in [0.15, 0.2) is 5.76 Å². The smallest absolute Gasteiger partial charge is 0.287 e. The number of benzene rings is 2. The van der Waals surface area contributed by atoms with E-state index >= 15 is 0 Å². The minimum Gasteiger partial charge on any atom is -0.497 e. The molecule has 2 aromatic carbocycles. The Labute approximate surface area is 162 Å². The predicted octanol–water partition coefficient (Wildman–Crippen LogP) is 5.04. The van der Waals surface area contributed by atoms with Gasteiger partial charge in [-0.1, -0.05) is 18.2 Å². The first kappa shape index (κ1) is 16.9. The third-order valence-corrected chi connectivity index (χ3v) is 5.77. The Balaban J connectivity index is 1.49. The summed E-state index contributed by atoms with van der Waals surface area (Å²) in [6.07, 6.45) is 2.93. The van der Waals surface area contributed by atoms with Gasteiger partial charge in [0, 0.05) is 27.5 Å². The summed E-state index contributed by atoms with van der Waals surface area (Å²) in [5.41, 5.74) is 5.06. The Morgan fingerprint density at radius 3 is 2.89 bits per heavy atom. The van der Waals surface area contributed by atoms with Crippen LogP contribution in [0.1, 0.15) is 46.3 Å². The maximum absolute atomic E-state index is 13.0. The van der Waals surface area contributed by atoms with Crippen molar-refractivity contribution in [3.63, 3.8) is 0 Å². The van der Waals surface area contributed by atoms with Gasteiger partial charge in [0.1, 0.15) is 11.3 Å². The molecular weight excluding hydrogens is 352 g/mol. The van der Waals surface area contributed by atoms with Gasteiger partial charge >= 0.3 is 0 Å². The van der Waals surface area contributed by atoms with Crippen LogP contribution >= 0.6 is 0 Å². The molecule has 0 saturated heterocycles. The van der Waals surface area contributed by atoms with E-state index in [2.05, 4.69) is 16.4 Å². The Bertz CT molecular complexity index is 1200. The second kappa shape index (κ2) is 6.44. The van der Waals surface area contributed by atoms with E-state index < -0.39 is 0 Å². The standard InChI is InChI=1S/C23H22N2O3/c1-13-15-6-3-4-9-20(15)28-22(13)23(26)25-19-8-5-7-16-17-12-14(27-2)10-11-18(17)24-21(16)19/h3-4,6,9-12,19,24H,5,7-8H2,1-2H3,(H,25,26). The maximum atomic E-state index is 13.0. The zero-order chi connectivity index (χ0) is 19.3. The van der Waals surface area contributed by atoms with Gasteiger partial charge in [-0.3, -0.25) is 4.79 Å². The van der Waals surface area contributed by atoms with E-state index in [0.717, 1.165) is 52.8 Å². The van der Waals surface area contributed by atoms with Crippen molar-refractivity contribution in [2.45, 2.75) is 32.2 Å². The number of carbonyl (C=O) groups excluding carboxylic acids is 1. The molecule has 5 rings (SSSR count). The van der Waals surface area contributed by atoms with Crippen molar-refractivity contribution in [1.29, 1.82) is 0 Å². The number of carbonyl (C=O) groups is 1. The number of hydrogen-bond acceptors (Lipinski definition) is 3. The second-order valence-electron chi connectivity index (χ2n) is 7.40. The molecule has 28 heavy (non-hydrogen) atoms. The van der Waals surface area contributed by atoms with Gasteiger partial charge in [0.2, 0.25) is 0 Å². The quantitative estimate of drug-likeness (QED) is 0.528. The van der Waals surface area contributed by atoms with Gasteiger partial charge in [-0.25, -0.2) is 0 Å². The minimum atomic E-state index is -0.164. The highest BCUT2D eigenvalue weighted by Crippen LogP contribution is 2.36. The number of para-hydroxylation sites is 1. The number of nitrogens with one attached hydrogen (secondary N) is 2. The van der Waals surface area contributed by atoms with E-state index in [9.17, 15) is 4.79 Å². The van der Waals surface area contributed by atoms with Crippen molar-refractivity contribution in [3.8, 4) is 5.75 Å². The van der Waals surface area contributed by atoms with Crippen molar-refractivity contribution in [2.24, 2.45) is 0 Å². The van der Waals surface area contributed by atoms with Crippen LogP contribution in [0.2, 0.25) is 0 Å². The number of aryl methyl sites for hydroxylation is 2. The zero-order valence-electron chi connectivity index (χ0n) is 16.0. The monoisotopic (exact) mass is 374 g/mol. The normalized spacial score (nSPS) is 16.3. The van der Waals surface area contributed by atoms with Gasteiger partial charge in [-0.2, -0.15) is 0 Å². The van der Waals surface area contributed by atoms with E-state index in [1.165, 1.54) is 10.9 Å². The number of ether oxygens (including phenoxy) is 1. The fourth-order valence-corrected chi connectivity index (χ4v) is 4.33. The molecule has 4 aromatic rings. The first-order chi connectivity index (χ1) is 13.7. The van der Waals surface area contributed by atoms with E-state index in [4.69, 9.17) is 9.15 Å². The molecular formula is C23H22N2O3. The number of aromatic nitrogens is 1. The summed E-state index contributed by atoms with van der Waals surface area (Å²) < 4.78 is 11.2. The highest BCUT2D eigenvalue weighted by molar-refractivity contribution is 5.99. The fourth-order valence-electron chi connectivity index (χ4n) is 4.33. The number of rotatable bonds is 3. The van der Waals surface area contributed by atoms with Crippen LogP contribution < -0.4 is 10.1 Å². The van der Waals surface area contributed by atoms with Crippen molar-refractivity contribution in [2.75, 3.05) is 7.11 Å². The predicted molar refractivity (Wildman–Crippen MR) is 109 cm³/mol. The lowest BCUT2D eigenvalue weighted by Crippen LogP contribution is -2.31. The lowest BCUT2D eigenvalue weighted by molar-refractivity contribution is 0.0905. The Morgan fingerprint density at radius 1 is 1.21 bits per heavy atom. The molecule has 142 valence electrons. The molecule has 5 heteroatoms. The topological polar surface area (TPSA) is 67.3 Å². The number of hydrogen-bond donors (Lipinski definition) is 2. The van der Waals surface area contributed by atoms with E-state index in [-0.39, 0.29) is 11.9 Å². The Kier molecular flexibility index (Phi) is 3.90. The number of aromatic amines is 1. The van der Waals surface area contributed by atoms with Crippen LogP contribution in [0.5, 0.6) is 5.75 Å². The molecule has 2 N–H and O–H groups in total. The molecule has 1 unspecified atom stereocenters. The zero-order valence-corrected chi connectivity index (χ0v) is 16.0. The lowest BCUT2D eigenvalue weighted by Gasteiger charge is -2.23. The van der Waals surface area contributed by atoms with Gasteiger partial charge in [0.25, 0.3) is 5.91 Å². The largest absolute Gasteiger partial charge is 0.497 e. The van der Waals surface area contributed by atoms with Crippen molar-refractivity contribution in [3.05, 3.63) is 65.0 Å². The molecule has 1 atom stereocenters. The van der Waals surface area contributed by atoms with Crippen LogP contribution in [0.15, 0.2) is 46.9 Å². The number of fused-ring (bicyclic) bond motifs is 4. The van der Waals surface area contributed by atoms with Crippen LogP contribution in [-0.2, 0) is 6.42 Å². The number of H-pyrrole nitrogens is 1. The van der Waals surface area contributed by atoms with Gasteiger partial charge in [-0.15, -0.1) is 0 Å². The summed E-state index contributed by atoms with van der Waals surface area (Å²) in [4.78, 5) is 16.5. The first-order valence-electron chi connectivity index (χ1n) is 9.63. The number of methoxy groups -OCH3 is 1. The first-order valence-corrected chi connectivity index (χ1v) is 9.63. The molecule has 0 radical (unpaired) electrons. The summed E-state index contributed by atoms with van der Waals surface area (Å²) in [6.45, 7) is 1.93. The second-order valence-corrected chi connectivity index (χ2v) is 7.40. The van der Waals surface area contributed by atoms with Gasteiger partial charge in [-0.05, 0) is 56.0 Å². The van der Waals surface area contributed by atoms with Crippen molar-refractivity contribution < 1.29 is 13.9 Å². The molecule has 2 heterocycles. The van der Waals surface area contributed by atoms with Gasteiger partial charge < -0.3 is 19.5 Å². The molecule has 1 aliphatic rings. The molecule has 1 amide bonds. The maximum Gasteiger partial charge on any atom is 0.287 e. The molecule has 1 aliphatic carbocycles. The average Bonchev–Trinajstić information content (AvgIpc) is 3.26. The SMILES string of the molecule is COc1ccc2[nH]c3c(c2c1)CCCC3NC(=O)c1oc2ccccc2c1C. The molecule has 5 nitrogen and oxygen atoms in total. The third kappa shape index (κ3) is 2.58. The minimum absolute atomic E-state index is 0.0535. The fraction of sp³-hybridized carbons (Fsp3) is 0.261. The molecule has 0 fully saturated rings. The summed E-state index contributed by atoms with van der Waals surface area (Å²) in [5.74, 6) is 1.08. The highest BCUT2D eigenvalue weighted by Gasteiger charge is 2.28. The van der Waals surface area contributed by atoms with E-state index in [0.29, 0.717) is 5.76 Å². The summed E-state index contributed by atoms with van der Waals surface area (Å²) in [7, 11) is 1.68. The number of furan rings is 1. The van der Waals surface area contributed by atoms with Crippen LogP contribution in [0, 0.1) is 6.92 Å². The summed E-state index contributed by atoms with van der Waals surface area (Å²) in [6, 6.07) is 13.8. The molecule has 0 saturated carbocycles. The molecule has 0 bridgehead atoms. The van der Waals surface area contributed by atoms with Crippen LogP contribution in [-0.4, -0.2) is 18.0 Å². The lowest BCUT2D eigenvalue weighted by atomic mass is 9.91. The Hall–Kier alpha value is -3.21. The summed E-state index contributed by atoms with van der Waals surface area (Å²) in [5, 5.41) is 5.34. The average molecular weight is 374 g/mol. The Morgan fingerprint density at radius 2 is 2.07 bits per heavy atom. The third-order valence-electron chi connectivity index (χ3n) is 5.77. The highest BCUT2D eigenvalue weighted by atomic mass is 16.5. The van der Waals surface area contributed by atoms with E-state index in [1.807, 2.05) is 43.3 Å². The molecule has 0 aliphatic heterocycles. The number of amides is 1. The summed E-state index contributed by atoms with van der Waals surface area (Å²) >= 11 is 0. The van der Waals surface area contributed by atoms with Crippen molar-refractivity contribution in [1.82, 2.24) is 10.3 Å². The van der Waals surface area contributed by atoms with Crippen LogP contribution in [0.3, 0.4) is 0 Å². The van der Waals surface area contributed by atoms with E-state index in [1.54, 1.807) is 7.11 Å². The molecule has 2 aromatic heterocycles.